The van der Waals surface area contributed by atoms with Gasteiger partial charge >= 0.3 is 16.1 Å². The van der Waals surface area contributed by atoms with E-state index in [1.54, 1.807) is 12.1 Å². The Kier molecular flexibility index (Phi) is 8.14. The molecule has 0 bridgehead atoms. The molecule has 0 aromatic heterocycles. The van der Waals surface area contributed by atoms with Gasteiger partial charge in [0.25, 0.3) is 11.8 Å². The third kappa shape index (κ3) is 6.00. The second-order valence-electron chi connectivity index (χ2n) is 7.91. The summed E-state index contributed by atoms with van der Waals surface area (Å²) in [6, 6.07) is 13.2. The third-order valence-electron chi connectivity index (χ3n) is 5.37. The first-order valence-electron chi connectivity index (χ1n) is 11.3. The number of nitrogens with one attached hydrogen (secondary N) is 1. The van der Waals surface area contributed by atoms with Crippen LogP contribution in [0.25, 0.3) is 6.08 Å². The molecule has 1 aliphatic rings. The summed E-state index contributed by atoms with van der Waals surface area (Å²) in [4.78, 5) is 38.9. The van der Waals surface area contributed by atoms with Crippen molar-refractivity contribution in [3.63, 3.8) is 0 Å². The highest BCUT2D eigenvalue weighted by Crippen LogP contribution is 2.39. The fourth-order valence-corrected chi connectivity index (χ4v) is 4.97. The average Bonchev–Trinajstić information content (AvgIpc) is 2.89. The van der Waals surface area contributed by atoms with E-state index in [1.165, 1.54) is 61.7 Å². The molecular formula is C26H20Cl2N2O8S. The molecule has 3 aromatic carbocycles. The maximum atomic E-state index is 13.2. The van der Waals surface area contributed by atoms with Crippen molar-refractivity contribution in [3.05, 3.63) is 81.8 Å². The van der Waals surface area contributed by atoms with Crippen molar-refractivity contribution in [2.45, 2.75) is 11.8 Å². The summed E-state index contributed by atoms with van der Waals surface area (Å²) in [5, 5.41) is 2.29. The van der Waals surface area contributed by atoms with Crippen LogP contribution < -0.4 is 23.9 Å². The van der Waals surface area contributed by atoms with Crippen LogP contribution in [0.2, 0.25) is 10.0 Å². The molecule has 1 aliphatic heterocycles. The van der Waals surface area contributed by atoms with Gasteiger partial charge in [-0.25, -0.2) is 9.69 Å². The van der Waals surface area contributed by atoms with Gasteiger partial charge in [0.1, 0.15) is 16.2 Å². The molecule has 4 rings (SSSR count). The van der Waals surface area contributed by atoms with Crippen LogP contribution in [0.1, 0.15) is 12.5 Å². The van der Waals surface area contributed by atoms with Gasteiger partial charge in [-0.05, 0) is 79.2 Å². The van der Waals surface area contributed by atoms with E-state index in [1.807, 2.05) is 6.92 Å². The first-order valence-corrected chi connectivity index (χ1v) is 13.4. The number of barbiturate groups is 1. The first kappa shape index (κ1) is 28.0. The number of hydrogen-bond donors (Lipinski definition) is 1. The maximum Gasteiger partial charge on any atom is 0.339 e. The van der Waals surface area contributed by atoms with Crippen molar-refractivity contribution >= 4 is 62.9 Å². The van der Waals surface area contributed by atoms with E-state index < -0.39 is 28.0 Å². The quantitative estimate of drug-likeness (QED) is 0.224. The number of carbonyl (C=O) groups excluding carboxylic acids is 3. The summed E-state index contributed by atoms with van der Waals surface area (Å²) in [5.41, 5.74) is 0.0442. The molecular weight excluding hydrogens is 571 g/mol. The molecule has 202 valence electrons. The van der Waals surface area contributed by atoms with Gasteiger partial charge in [-0.1, -0.05) is 23.2 Å². The molecule has 0 atom stereocenters. The van der Waals surface area contributed by atoms with E-state index in [9.17, 15) is 22.8 Å². The van der Waals surface area contributed by atoms with Gasteiger partial charge in [0.15, 0.2) is 5.75 Å². The Hall–Kier alpha value is -4.06. The molecule has 1 N–H and O–H groups in total. The Balaban J connectivity index is 1.67. The van der Waals surface area contributed by atoms with E-state index in [2.05, 4.69) is 5.32 Å². The van der Waals surface area contributed by atoms with E-state index in [0.717, 1.165) is 4.90 Å². The molecule has 4 amide bonds. The third-order valence-corrected chi connectivity index (χ3v) is 7.13. The lowest BCUT2D eigenvalue weighted by molar-refractivity contribution is -0.122. The van der Waals surface area contributed by atoms with Crippen molar-refractivity contribution in [1.82, 2.24) is 5.32 Å². The summed E-state index contributed by atoms with van der Waals surface area (Å²) in [6.07, 6.45) is 1.19. The lowest BCUT2D eigenvalue weighted by Gasteiger charge is -2.26. The van der Waals surface area contributed by atoms with Gasteiger partial charge in [-0.3, -0.25) is 14.9 Å². The fraction of sp³-hybridized carbons (Fsp3) is 0.115. The molecule has 1 heterocycles. The smallest absolute Gasteiger partial charge is 0.339 e. The molecule has 1 fully saturated rings. The predicted molar refractivity (Wildman–Crippen MR) is 144 cm³/mol. The van der Waals surface area contributed by atoms with Crippen molar-refractivity contribution in [1.29, 1.82) is 0 Å². The van der Waals surface area contributed by atoms with Crippen LogP contribution in [0.5, 0.6) is 17.2 Å². The Bertz CT molecular complexity index is 1590. The molecule has 0 saturated carbocycles. The SMILES string of the molecule is CCOc1ccc(N2C(=O)NC(=O)/C(=C\c3cc(Cl)c(OS(=O)(=O)c4ccc(Cl)cc4)c(OC)c3)C2=O)cc1. The van der Waals surface area contributed by atoms with Gasteiger partial charge < -0.3 is 13.7 Å². The standard InChI is InChI=1S/C26H20Cl2N2O8S/c1-3-37-18-8-6-17(7-9-18)30-25(32)20(24(31)29-26(30)33)12-15-13-21(28)23(22(14-15)36-2)38-39(34,35)19-10-4-16(27)5-11-19/h4-14H,3H2,1-2H3,(H,29,31,33)/b20-12+. The number of imide groups is 2. The summed E-state index contributed by atoms with van der Waals surface area (Å²) in [6.45, 7) is 2.25. The topological polar surface area (TPSA) is 128 Å². The highest BCUT2D eigenvalue weighted by molar-refractivity contribution is 7.87. The molecule has 13 heteroatoms. The Labute approximate surface area is 233 Å². The van der Waals surface area contributed by atoms with Crippen molar-refractivity contribution in [3.8, 4) is 17.2 Å². The molecule has 0 unspecified atom stereocenters. The zero-order valence-corrected chi connectivity index (χ0v) is 22.8. The number of urea groups is 1. The number of halogens is 2. The first-order chi connectivity index (χ1) is 18.5. The fourth-order valence-electron chi connectivity index (χ4n) is 3.58. The molecule has 1 saturated heterocycles. The second-order valence-corrected chi connectivity index (χ2v) is 10.3. The van der Waals surface area contributed by atoms with Crippen LogP contribution in [0, 0.1) is 0 Å². The number of anilines is 1. The lowest BCUT2D eigenvalue weighted by atomic mass is 10.1. The van der Waals surface area contributed by atoms with Crippen molar-refractivity contribution in [2.24, 2.45) is 0 Å². The number of carbonyl (C=O) groups is 3. The van der Waals surface area contributed by atoms with Crippen LogP contribution in [0.3, 0.4) is 0 Å². The monoisotopic (exact) mass is 590 g/mol. The van der Waals surface area contributed by atoms with E-state index >= 15 is 0 Å². The molecule has 0 spiro atoms. The van der Waals surface area contributed by atoms with Crippen molar-refractivity contribution < 1.29 is 36.5 Å². The Morgan fingerprint density at radius 1 is 0.974 bits per heavy atom. The number of methoxy groups -OCH3 is 1. The zero-order chi connectivity index (χ0) is 28.3. The summed E-state index contributed by atoms with van der Waals surface area (Å²) >= 11 is 12.2. The van der Waals surface area contributed by atoms with Crippen LogP contribution >= 0.6 is 23.2 Å². The number of benzene rings is 3. The van der Waals surface area contributed by atoms with Gasteiger partial charge in [0, 0.05) is 5.02 Å². The van der Waals surface area contributed by atoms with E-state index in [-0.39, 0.29) is 38.2 Å². The lowest BCUT2D eigenvalue weighted by Crippen LogP contribution is -2.54. The number of amides is 4. The van der Waals surface area contributed by atoms with Crippen LogP contribution in [0.15, 0.2) is 71.1 Å². The predicted octanol–water partition coefficient (Wildman–Crippen LogP) is 4.83. The summed E-state index contributed by atoms with van der Waals surface area (Å²) in [5.74, 6) is -1.65. The summed E-state index contributed by atoms with van der Waals surface area (Å²) < 4.78 is 41.4. The van der Waals surface area contributed by atoms with E-state index in [4.69, 9.17) is 36.9 Å². The van der Waals surface area contributed by atoms with Crippen LogP contribution in [0.4, 0.5) is 10.5 Å². The van der Waals surface area contributed by atoms with E-state index in [0.29, 0.717) is 17.4 Å². The number of nitrogens with zero attached hydrogens (tertiary/aromatic N) is 1. The normalized spacial score (nSPS) is 14.8. The number of rotatable bonds is 8. The molecule has 3 aromatic rings. The number of ether oxygens (including phenoxy) is 2. The minimum Gasteiger partial charge on any atom is -0.494 e. The number of hydrogen-bond acceptors (Lipinski definition) is 8. The van der Waals surface area contributed by atoms with Gasteiger partial charge in [0.05, 0.1) is 24.4 Å². The summed E-state index contributed by atoms with van der Waals surface area (Å²) in [7, 11) is -3.04. The van der Waals surface area contributed by atoms with Crippen molar-refractivity contribution in [2.75, 3.05) is 18.6 Å². The van der Waals surface area contributed by atoms with Crippen LogP contribution in [-0.4, -0.2) is 40.0 Å². The maximum absolute atomic E-state index is 13.2. The average molecular weight is 591 g/mol. The molecule has 0 aliphatic carbocycles. The largest absolute Gasteiger partial charge is 0.494 e. The van der Waals surface area contributed by atoms with Gasteiger partial charge in [0.2, 0.25) is 5.75 Å². The highest BCUT2D eigenvalue weighted by Gasteiger charge is 2.37. The zero-order valence-electron chi connectivity index (χ0n) is 20.4. The minimum absolute atomic E-state index is 0.0880. The Morgan fingerprint density at radius 3 is 2.26 bits per heavy atom. The van der Waals surface area contributed by atoms with Gasteiger partial charge in [-0.2, -0.15) is 8.42 Å². The van der Waals surface area contributed by atoms with Gasteiger partial charge in [-0.15, -0.1) is 0 Å². The van der Waals surface area contributed by atoms with Crippen LogP contribution in [-0.2, 0) is 19.7 Å². The molecule has 0 radical (unpaired) electrons. The highest BCUT2D eigenvalue weighted by atomic mass is 35.5. The Morgan fingerprint density at radius 2 is 1.64 bits per heavy atom. The molecule has 39 heavy (non-hydrogen) atoms. The molecule has 10 nitrogen and oxygen atoms in total. The minimum atomic E-state index is -4.30. The second kappa shape index (κ2) is 11.4.